The van der Waals surface area contributed by atoms with E-state index in [-0.39, 0.29) is 30.0 Å². The molecule has 4 nitrogen and oxygen atoms in total. The molecule has 1 aromatic carbocycles. The van der Waals surface area contributed by atoms with E-state index in [0.29, 0.717) is 31.6 Å². The van der Waals surface area contributed by atoms with E-state index in [0.717, 1.165) is 24.8 Å². The molecule has 1 saturated heterocycles. The third kappa shape index (κ3) is 4.30. The van der Waals surface area contributed by atoms with Gasteiger partial charge in [-0.05, 0) is 49.8 Å². The van der Waals surface area contributed by atoms with E-state index < -0.39 is 0 Å². The zero-order valence-corrected chi connectivity index (χ0v) is 13.5. The molecule has 3 rings (SSSR count). The summed E-state index contributed by atoms with van der Waals surface area (Å²) in [5.41, 5.74) is 1.49. The first-order valence-corrected chi connectivity index (χ1v) is 8.39. The summed E-state index contributed by atoms with van der Waals surface area (Å²) in [7, 11) is 0. The van der Waals surface area contributed by atoms with Crippen molar-refractivity contribution in [3.05, 3.63) is 35.1 Å². The van der Waals surface area contributed by atoms with Crippen molar-refractivity contribution in [3.8, 4) is 0 Å². The van der Waals surface area contributed by atoms with E-state index in [1.807, 2.05) is 6.07 Å². The van der Waals surface area contributed by atoms with Gasteiger partial charge in [-0.2, -0.15) is 0 Å². The lowest BCUT2D eigenvalue weighted by atomic mass is 9.89. The highest BCUT2D eigenvalue weighted by molar-refractivity contribution is 5.76. The van der Waals surface area contributed by atoms with Crippen LogP contribution >= 0.6 is 0 Å². The molecule has 2 aliphatic rings. The molecule has 0 spiro atoms. The number of ether oxygens (including phenoxy) is 2. The van der Waals surface area contributed by atoms with Crippen LogP contribution in [0.4, 0.5) is 4.39 Å². The summed E-state index contributed by atoms with van der Waals surface area (Å²) in [4.78, 5) is 12.1. The van der Waals surface area contributed by atoms with E-state index in [2.05, 4.69) is 5.32 Å². The number of benzene rings is 1. The Morgan fingerprint density at radius 3 is 2.83 bits per heavy atom. The lowest BCUT2D eigenvalue weighted by molar-refractivity contribution is -0.158. The van der Waals surface area contributed by atoms with Gasteiger partial charge in [0, 0.05) is 12.5 Å². The smallest absolute Gasteiger partial charge is 0.220 e. The normalized spacial score (nSPS) is 27.3. The summed E-state index contributed by atoms with van der Waals surface area (Å²) >= 11 is 0. The largest absolute Gasteiger partial charge is 0.373 e. The van der Waals surface area contributed by atoms with Gasteiger partial charge in [0.15, 0.2) is 0 Å². The second kappa shape index (κ2) is 7.41. The summed E-state index contributed by atoms with van der Waals surface area (Å²) in [6.07, 6.45) is 3.90. The molecule has 1 aliphatic carbocycles. The van der Waals surface area contributed by atoms with Crippen molar-refractivity contribution in [1.29, 1.82) is 0 Å². The van der Waals surface area contributed by atoms with Crippen LogP contribution in [0.15, 0.2) is 18.2 Å². The molecule has 1 N–H and O–H groups in total. The predicted molar refractivity (Wildman–Crippen MR) is 84.7 cm³/mol. The van der Waals surface area contributed by atoms with Gasteiger partial charge in [0.1, 0.15) is 5.82 Å². The van der Waals surface area contributed by atoms with E-state index in [4.69, 9.17) is 9.47 Å². The van der Waals surface area contributed by atoms with Gasteiger partial charge < -0.3 is 14.8 Å². The number of hydrogen-bond donors (Lipinski definition) is 1. The van der Waals surface area contributed by atoms with Crippen LogP contribution in [-0.4, -0.2) is 37.4 Å². The van der Waals surface area contributed by atoms with Crippen molar-refractivity contribution in [1.82, 2.24) is 5.32 Å². The van der Waals surface area contributed by atoms with Crippen LogP contribution in [0.25, 0.3) is 0 Å². The third-order valence-corrected chi connectivity index (χ3v) is 4.72. The number of nitrogens with one attached hydrogen (secondary N) is 1. The van der Waals surface area contributed by atoms with E-state index in [1.54, 1.807) is 13.0 Å². The quantitative estimate of drug-likeness (QED) is 0.927. The van der Waals surface area contributed by atoms with Crippen LogP contribution < -0.4 is 5.32 Å². The van der Waals surface area contributed by atoms with Gasteiger partial charge in [0.2, 0.25) is 5.91 Å². The van der Waals surface area contributed by atoms with Gasteiger partial charge in [0.25, 0.3) is 0 Å². The Bertz CT molecular complexity index is 563. The van der Waals surface area contributed by atoms with Crippen molar-refractivity contribution >= 4 is 5.91 Å². The van der Waals surface area contributed by atoms with E-state index >= 15 is 0 Å². The van der Waals surface area contributed by atoms with Crippen LogP contribution in [-0.2, 0) is 20.7 Å². The fourth-order valence-corrected chi connectivity index (χ4v) is 3.35. The number of hydrogen-bond acceptors (Lipinski definition) is 3. The average Bonchev–Trinajstić information content (AvgIpc) is 2.56. The Balaban J connectivity index is 1.45. The highest BCUT2D eigenvalue weighted by atomic mass is 19.1. The van der Waals surface area contributed by atoms with Crippen LogP contribution in [0.5, 0.6) is 0 Å². The molecule has 0 aromatic heterocycles. The minimum Gasteiger partial charge on any atom is -0.373 e. The molecule has 1 aliphatic heterocycles. The molecule has 23 heavy (non-hydrogen) atoms. The maximum Gasteiger partial charge on any atom is 0.220 e. The van der Waals surface area contributed by atoms with Crippen LogP contribution in [0.1, 0.15) is 36.8 Å². The molecule has 1 aromatic rings. The molecule has 1 saturated carbocycles. The number of carbonyl (C=O) groups is 1. The minimum atomic E-state index is -0.212. The summed E-state index contributed by atoms with van der Waals surface area (Å²) in [6.45, 7) is 3.05. The Labute approximate surface area is 136 Å². The number of halogens is 1. The molecule has 1 amide bonds. The molecule has 3 atom stereocenters. The Kier molecular flexibility index (Phi) is 5.28. The molecule has 126 valence electrons. The second-order valence-electron chi connectivity index (χ2n) is 6.48. The van der Waals surface area contributed by atoms with Crippen LogP contribution in [0.2, 0.25) is 0 Å². The van der Waals surface area contributed by atoms with Gasteiger partial charge in [-0.1, -0.05) is 12.1 Å². The number of rotatable bonds is 4. The maximum atomic E-state index is 13.5. The Morgan fingerprint density at radius 1 is 1.26 bits per heavy atom. The van der Waals surface area contributed by atoms with Crippen molar-refractivity contribution in [2.45, 2.75) is 57.3 Å². The molecule has 3 unspecified atom stereocenters. The van der Waals surface area contributed by atoms with Crippen molar-refractivity contribution in [2.75, 3.05) is 13.2 Å². The highest BCUT2D eigenvalue weighted by Gasteiger charge is 2.34. The third-order valence-electron chi connectivity index (χ3n) is 4.72. The molecular formula is C18H24FNO3. The number of amides is 1. The zero-order valence-electron chi connectivity index (χ0n) is 13.5. The zero-order chi connectivity index (χ0) is 16.2. The summed E-state index contributed by atoms with van der Waals surface area (Å²) in [5.74, 6) is -0.193. The first-order chi connectivity index (χ1) is 11.1. The van der Waals surface area contributed by atoms with Crippen molar-refractivity contribution < 1.29 is 18.7 Å². The molecule has 2 fully saturated rings. The van der Waals surface area contributed by atoms with Gasteiger partial charge in [-0.15, -0.1) is 0 Å². The van der Waals surface area contributed by atoms with Crippen LogP contribution in [0.3, 0.4) is 0 Å². The first-order valence-electron chi connectivity index (χ1n) is 8.39. The summed E-state index contributed by atoms with van der Waals surface area (Å²) in [5, 5.41) is 3.08. The van der Waals surface area contributed by atoms with Crippen molar-refractivity contribution in [2.24, 2.45) is 0 Å². The Morgan fingerprint density at radius 2 is 2.04 bits per heavy atom. The molecule has 1 heterocycles. The standard InChI is InChI=1S/C18H24FNO3/c1-12-2-3-13(10-15(12)19)4-7-18(21)20-14-5-6-16-17(11-14)23-9-8-22-16/h2-3,10,14,16-17H,4-9,11H2,1H3,(H,20,21). The molecule has 0 radical (unpaired) electrons. The van der Waals surface area contributed by atoms with Gasteiger partial charge in [-0.3, -0.25) is 4.79 Å². The lowest BCUT2D eigenvalue weighted by Crippen LogP contribution is -2.49. The molecule has 0 bridgehead atoms. The fourth-order valence-electron chi connectivity index (χ4n) is 3.35. The Hall–Kier alpha value is -1.46. The topological polar surface area (TPSA) is 47.6 Å². The monoisotopic (exact) mass is 321 g/mol. The predicted octanol–water partition coefficient (Wildman–Crippen LogP) is 2.52. The van der Waals surface area contributed by atoms with Crippen LogP contribution in [0, 0.1) is 12.7 Å². The van der Waals surface area contributed by atoms with Crippen molar-refractivity contribution in [3.63, 3.8) is 0 Å². The summed E-state index contributed by atoms with van der Waals surface area (Å²) in [6, 6.07) is 5.30. The van der Waals surface area contributed by atoms with E-state index in [1.165, 1.54) is 6.07 Å². The van der Waals surface area contributed by atoms with Gasteiger partial charge >= 0.3 is 0 Å². The van der Waals surface area contributed by atoms with Gasteiger partial charge in [0.05, 0.1) is 25.4 Å². The SMILES string of the molecule is Cc1ccc(CCC(=O)NC2CCC3OCCOC3C2)cc1F. The minimum absolute atomic E-state index is 0.0196. The van der Waals surface area contributed by atoms with E-state index in [9.17, 15) is 9.18 Å². The number of carbonyl (C=O) groups excluding carboxylic acids is 1. The fraction of sp³-hybridized carbons (Fsp3) is 0.611. The molecule has 5 heteroatoms. The maximum absolute atomic E-state index is 13.5. The highest BCUT2D eigenvalue weighted by Crippen LogP contribution is 2.26. The number of fused-ring (bicyclic) bond motifs is 1. The summed E-state index contributed by atoms with van der Waals surface area (Å²) < 4.78 is 24.9. The molecular weight excluding hydrogens is 297 g/mol. The number of aryl methyl sites for hydroxylation is 2. The van der Waals surface area contributed by atoms with Gasteiger partial charge in [-0.25, -0.2) is 4.39 Å². The second-order valence-corrected chi connectivity index (χ2v) is 6.48. The lowest BCUT2D eigenvalue weighted by Gasteiger charge is -2.39. The average molecular weight is 321 g/mol. The first kappa shape index (κ1) is 16.4.